The van der Waals surface area contributed by atoms with Gasteiger partial charge in [0.25, 0.3) is 0 Å². The number of carbonyl (C=O) groups excluding carboxylic acids is 2. The zero-order valence-electron chi connectivity index (χ0n) is 15.7. The molecule has 1 heterocycles. The van der Waals surface area contributed by atoms with Crippen molar-refractivity contribution in [3.05, 3.63) is 69.0 Å². The van der Waals surface area contributed by atoms with E-state index >= 15 is 0 Å². The van der Waals surface area contributed by atoms with E-state index in [-0.39, 0.29) is 30.3 Å². The van der Waals surface area contributed by atoms with Crippen molar-refractivity contribution in [3.63, 3.8) is 0 Å². The predicted octanol–water partition coefficient (Wildman–Crippen LogP) is 4.36. The summed E-state index contributed by atoms with van der Waals surface area (Å²) in [6.07, 6.45) is -0.184. The predicted molar refractivity (Wildman–Crippen MR) is 107 cm³/mol. The van der Waals surface area contributed by atoms with Crippen LogP contribution in [0.1, 0.15) is 23.1 Å². The van der Waals surface area contributed by atoms with Crippen LogP contribution in [0.15, 0.2) is 46.4 Å². The third kappa shape index (κ3) is 3.80. The van der Waals surface area contributed by atoms with Gasteiger partial charge in [0.15, 0.2) is 0 Å². The highest BCUT2D eigenvalue weighted by Crippen LogP contribution is 2.38. The van der Waals surface area contributed by atoms with Crippen molar-refractivity contribution in [2.45, 2.75) is 19.9 Å². The van der Waals surface area contributed by atoms with Gasteiger partial charge < -0.3 is 14.4 Å². The minimum Gasteiger partial charge on any atom is -0.495 e. The van der Waals surface area contributed by atoms with Crippen molar-refractivity contribution in [1.82, 2.24) is 0 Å². The first-order chi connectivity index (χ1) is 13.3. The fraction of sp³-hybridized carbons (Fsp3) is 0.238. The second-order valence-corrected chi connectivity index (χ2v) is 7.32. The van der Waals surface area contributed by atoms with E-state index in [1.165, 1.54) is 25.2 Å². The van der Waals surface area contributed by atoms with Crippen LogP contribution in [0.4, 0.5) is 10.1 Å². The molecule has 0 saturated carbocycles. The van der Waals surface area contributed by atoms with Crippen LogP contribution < -0.4 is 4.90 Å². The fourth-order valence-corrected chi connectivity index (χ4v) is 3.50. The van der Waals surface area contributed by atoms with Crippen molar-refractivity contribution in [1.29, 1.82) is 0 Å². The highest BCUT2D eigenvalue weighted by molar-refractivity contribution is 9.10. The molecule has 7 heteroatoms. The Balaban J connectivity index is 2.13. The van der Waals surface area contributed by atoms with Crippen LogP contribution in [0.3, 0.4) is 0 Å². The molecule has 2 aromatic carbocycles. The van der Waals surface area contributed by atoms with Gasteiger partial charge in [-0.15, -0.1) is 0 Å². The van der Waals surface area contributed by atoms with Crippen molar-refractivity contribution in [3.8, 4) is 0 Å². The Hall–Kier alpha value is -2.67. The number of rotatable bonds is 4. The van der Waals surface area contributed by atoms with Gasteiger partial charge in [0.05, 0.1) is 38.4 Å². The maximum absolute atomic E-state index is 14.0. The summed E-state index contributed by atoms with van der Waals surface area (Å²) < 4.78 is 25.1. The average Bonchev–Trinajstić information content (AvgIpc) is 2.79. The molecule has 0 bridgehead atoms. The molecule has 0 aromatic heterocycles. The van der Waals surface area contributed by atoms with Gasteiger partial charge in [-0.05, 0) is 42.3 Å². The number of ether oxygens (including phenoxy) is 2. The molecule has 1 aliphatic rings. The number of hydrogen-bond acceptors (Lipinski definition) is 4. The molecule has 0 fully saturated rings. The molecule has 1 aliphatic heterocycles. The summed E-state index contributed by atoms with van der Waals surface area (Å²) in [5.74, 6) is -0.976. The number of methoxy groups -OCH3 is 2. The summed E-state index contributed by atoms with van der Waals surface area (Å²) in [6.45, 7) is 1.84. The molecular weight excluding hydrogens is 429 g/mol. The molecule has 2 aromatic rings. The van der Waals surface area contributed by atoms with Gasteiger partial charge >= 0.3 is 5.97 Å². The first-order valence-electron chi connectivity index (χ1n) is 8.56. The lowest BCUT2D eigenvalue weighted by atomic mass is 10.1. The summed E-state index contributed by atoms with van der Waals surface area (Å²) in [6, 6.07) is 10.2. The van der Waals surface area contributed by atoms with Crippen molar-refractivity contribution < 1.29 is 23.5 Å². The minimum atomic E-state index is -0.623. The zero-order chi connectivity index (χ0) is 20.4. The lowest BCUT2D eigenvalue weighted by Gasteiger charge is -2.24. The molecule has 0 atom stereocenters. The van der Waals surface area contributed by atoms with Crippen LogP contribution in [0.25, 0.3) is 5.76 Å². The second kappa shape index (κ2) is 8.14. The number of amides is 1. The molecule has 0 N–H and O–H groups in total. The standard InChI is InChI=1S/C21H19BrFNO4/c1-12-4-5-13(8-17(12)23)11-24-18-9-14(22)6-7-15(18)20(27-2)16(10-19(24)25)21(26)28-3/h4-9H,10-11H2,1-3H3. The summed E-state index contributed by atoms with van der Waals surface area (Å²) >= 11 is 3.42. The number of halogens is 2. The maximum atomic E-state index is 14.0. The topological polar surface area (TPSA) is 55.8 Å². The van der Waals surface area contributed by atoms with Gasteiger partial charge in [-0.1, -0.05) is 28.1 Å². The summed E-state index contributed by atoms with van der Waals surface area (Å²) in [5, 5.41) is 0. The Kier molecular flexibility index (Phi) is 5.84. The average molecular weight is 448 g/mol. The third-order valence-corrected chi connectivity index (χ3v) is 5.10. The first-order valence-corrected chi connectivity index (χ1v) is 9.35. The molecule has 0 saturated heterocycles. The van der Waals surface area contributed by atoms with E-state index < -0.39 is 5.97 Å². The summed E-state index contributed by atoms with van der Waals surface area (Å²) in [7, 11) is 2.70. The third-order valence-electron chi connectivity index (χ3n) is 4.61. The van der Waals surface area contributed by atoms with E-state index in [1.54, 1.807) is 37.3 Å². The SMILES string of the molecule is COC(=O)C1=C(OC)c2ccc(Br)cc2N(Cc2ccc(C)c(F)c2)C(=O)C1. The zero-order valence-corrected chi connectivity index (χ0v) is 17.3. The fourth-order valence-electron chi connectivity index (χ4n) is 3.16. The van der Waals surface area contributed by atoms with E-state index in [4.69, 9.17) is 9.47 Å². The number of anilines is 1. The molecule has 3 rings (SSSR count). The molecule has 0 spiro atoms. The lowest BCUT2D eigenvalue weighted by molar-refractivity contribution is -0.137. The number of hydrogen-bond donors (Lipinski definition) is 0. The van der Waals surface area contributed by atoms with Crippen LogP contribution in [0.5, 0.6) is 0 Å². The molecule has 28 heavy (non-hydrogen) atoms. The van der Waals surface area contributed by atoms with Gasteiger partial charge in [0.2, 0.25) is 5.91 Å². The Bertz CT molecular complexity index is 986. The maximum Gasteiger partial charge on any atom is 0.338 e. The molecule has 0 unspecified atom stereocenters. The number of aryl methyl sites for hydroxylation is 1. The van der Waals surface area contributed by atoms with Crippen LogP contribution in [0, 0.1) is 12.7 Å². The quantitative estimate of drug-likeness (QED) is 0.653. The number of esters is 1. The van der Waals surface area contributed by atoms with E-state index in [9.17, 15) is 14.0 Å². The van der Waals surface area contributed by atoms with E-state index in [0.29, 0.717) is 28.1 Å². The minimum absolute atomic E-state index is 0.149. The molecule has 5 nitrogen and oxygen atoms in total. The van der Waals surface area contributed by atoms with E-state index in [2.05, 4.69) is 15.9 Å². The van der Waals surface area contributed by atoms with Gasteiger partial charge in [-0.2, -0.15) is 0 Å². The second-order valence-electron chi connectivity index (χ2n) is 6.41. The summed E-state index contributed by atoms with van der Waals surface area (Å²) in [5.41, 5.74) is 2.48. The van der Waals surface area contributed by atoms with Crippen LogP contribution in [-0.4, -0.2) is 26.1 Å². The van der Waals surface area contributed by atoms with Gasteiger partial charge in [0, 0.05) is 10.0 Å². The van der Waals surface area contributed by atoms with Gasteiger partial charge in [-0.3, -0.25) is 4.79 Å². The molecule has 0 radical (unpaired) electrons. The highest BCUT2D eigenvalue weighted by atomic mass is 79.9. The van der Waals surface area contributed by atoms with Crippen molar-refractivity contribution in [2.24, 2.45) is 0 Å². The Morgan fingerprint density at radius 1 is 1.21 bits per heavy atom. The van der Waals surface area contributed by atoms with Gasteiger partial charge in [-0.25, -0.2) is 9.18 Å². The molecule has 0 aliphatic carbocycles. The Labute approximate surface area is 170 Å². The summed E-state index contributed by atoms with van der Waals surface area (Å²) in [4.78, 5) is 26.9. The van der Waals surface area contributed by atoms with E-state index in [1.807, 2.05) is 0 Å². The smallest absolute Gasteiger partial charge is 0.338 e. The van der Waals surface area contributed by atoms with Crippen LogP contribution >= 0.6 is 15.9 Å². The molecule has 146 valence electrons. The number of benzene rings is 2. The van der Waals surface area contributed by atoms with Crippen LogP contribution in [-0.2, 0) is 25.6 Å². The van der Waals surface area contributed by atoms with E-state index in [0.717, 1.165) is 4.47 Å². The van der Waals surface area contributed by atoms with Crippen molar-refractivity contribution >= 4 is 39.3 Å². The Morgan fingerprint density at radius 2 is 1.96 bits per heavy atom. The largest absolute Gasteiger partial charge is 0.495 e. The molecule has 1 amide bonds. The highest BCUT2D eigenvalue weighted by Gasteiger charge is 2.32. The van der Waals surface area contributed by atoms with Gasteiger partial charge in [0.1, 0.15) is 11.6 Å². The van der Waals surface area contributed by atoms with Crippen LogP contribution in [0.2, 0.25) is 0 Å². The lowest BCUT2D eigenvalue weighted by Crippen LogP contribution is -2.30. The number of fused-ring (bicyclic) bond motifs is 1. The normalized spacial score (nSPS) is 13.9. The molecular formula is C21H19BrFNO4. The Morgan fingerprint density at radius 3 is 2.61 bits per heavy atom. The number of nitrogens with zero attached hydrogens (tertiary/aromatic N) is 1. The monoisotopic (exact) mass is 447 g/mol. The van der Waals surface area contributed by atoms with Crippen molar-refractivity contribution in [2.75, 3.05) is 19.1 Å². The number of carbonyl (C=O) groups is 2. The first kappa shape index (κ1) is 20.1.